The molecule has 5 aromatic rings. The van der Waals surface area contributed by atoms with Crippen molar-refractivity contribution in [3.8, 4) is 45.3 Å². The molecule has 0 bridgehead atoms. The van der Waals surface area contributed by atoms with Crippen molar-refractivity contribution in [3.05, 3.63) is 113 Å². The molecule has 196 valence electrons. The molecule has 0 amide bonds. The predicted octanol–water partition coefficient (Wildman–Crippen LogP) is 9.23. The first-order valence-corrected chi connectivity index (χ1v) is 11.8. The SMILES string of the molecule is FC(F)(F)c1cc(-c2cc(Cl)cc(-c3nc(-c4ccccc4)nc(-c4ccccc4)n3)c2)cc(C(F)(F)F)c1. The van der Waals surface area contributed by atoms with E-state index in [9.17, 15) is 26.3 Å². The summed E-state index contributed by atoms with van der Waals surface area (Å²) in [6.45, 7) is 0. The molecule has 1 heterocycles. The summed E-state index contributed by atoms with van der Waals surface area (Å²) in [5.74, 6) is 0.813. The van der Waals surface area contributed by atoms with E-state index in [4.69, 9.17) is 11.6 Å². The van der Waals surface area contributed by atoms with E-state index in [1.807, 2.05) is 36.4 Å². The average Bonchev–Trinajstić information content (AvgIpc) is 2.92. The highest BCUT2D eigenvalue weighted by Crippen LogP contribution is 2.40. The Hall–Kier alpha value is -4.24. The zero-order valence-corrected chi connectivity index (χ0v) is 20.5. The van der Waals surface area contributed by atoms with Gasteiger partial charge in [0, 0.05) is 21.7 Å². The molecule has 0 spiro atoms. The van der Waals surface area contributed by atoms with Crippen LogP contribution in [0, 0.1) is 0 Å². The highest BCUT2D eigenvalue weighted by Gasteiger charge is 2.37. The second-order valence-electron chi connectivity index (χ2n) is 8.56. The lowest BCUT2D eigenvalue weighted by atomic mass is 9.97. The standard InChI is InChI=1S/C29H16ClF6N3/c30-24-14-19(20-12-22(28(31,32)33)16-23(13-20)29(34,35)36)11-21(15-24)27-38-25(17-7-3-1-4-8-17)37-26(39-27)18-9-5-2-6-10-18/h1-16H. The molecule has 0 aliphatic rings. The van der Waals surface area contributed by atoms with Crippen molar-refractivity contribution < 1.29 is 26.3 Å². The first-order chi connectivity index (χ1) is 18.5. The van der Waals surface area contributed by atoms with Crippen molar-refractivity contribution in [3.63, 3.8) is 0 Å². The Labute approximate surface area is 223 Å². The minimum Gasteiger partial charge on any atom is -0.208 e. The van der Waals surface area contributed by atoms with Crippen LogP contribution in [-0.2, 0) is 12.4 Å². The first kappa shape index (κ1) is 26.4. The Morgan fingerprint density at radius 3 is 1.26 bits per heavy atom. The lowest BCUT2D eigenvalue weighted by Crippen LogP contribution is -2.11. The molecule has 0 saturated carbocycles. The van der Waals surface area contributed by atoms with Gasteiger partial charge < -0.3 is 0 Å². The zero-order valence-electron chi connectivity index (χ0n) is 19.7. The maximum Gasteiger partial charge on any atom is 0.416 e. The summed E-state index contributed by atoms with van der Waals surface area (Å²) in [4.78, 5) is 13.7. The second kappa shape index (κ2) is 10.1. The molecule has 1 aromatic heterocycles. The van der Waals surface area contributed by atoms with Crippen LogP contribution < -0.4 is 0 Å². The topological polar surface area (TPSA) is 38.7 Å². The van der Waals surface area contributed by atoms with Crippen LogP contribution in [0.5, 0.6) is 0 Å². The van der Waals surface area contributed by atoms with Gasteiger partial charge in [-0.2, -0.15) is 26.3 Å². The Kier molecular flexibility index (Phi) is 6.86. The number of rotatable bonds is 4. The van der Waals surface area contributed by atoms with Crippen molar-refractivity contribution in [1.82, 2.24) is 15.0 Å². The van der Waals surface area contributed by atoms with Gasteiger partial charge in [0.15, 0.2) is 17.5 Å². The summed E-state index contributed by atoms with van der Waals surface area (Å²) in [5.41, 5.74) is -1.45. The van der Waals surface area contributed by atoms with Crippen LogP contribution in [0.1, 0.15) is 11.1 Å². The molecule has 0 unspecified atom stereocenters. The van der Waals surface area contributed by atoms with Crippen LogP contribution in [-0.4, -0.2) is 15.0 Å². The third-order valence-corrected chi connectivity index (χ3v) is 5.99. The van der Waals surface area contributed by atoms with Gasteiger partial charge in [0.2, 0.25) is 0 Å². The van der Waals surface area contributed by atoms with E-state index in [0.29, 0.717) is 40.5 Å². The van der Waals surface area contributed by atoms with Crippen LogP contribution in [0.3, 0.4) is 0 Å². The van der Waals surface area contributed by atoms with E-state index < -0.39 is 23.5 Å². The van der Waals surface area contributed by atoms with Gasteiger partial charge in [0.1, 0.15) is 0 Å². The third kappa shape index (κ3) is 5.93. The van der Waals surface area contributed by atoms with Crippen molar-refractivity contribution in [2.75, 3.05) is 0 Å². The summed E-state index contributed by atoms with van der Waals surface area (Å²) in [7, 11) is 0. The summed E-state index contributed by atoms with van der Waals surface area (Å²) in [5, 5.41) is 0.0800. The molecule has 4 aromatic carbocycles. The highest BCUT2D eigenvalue weighted by atomic mass is 35.5. The summed E-state index contributed by atoms with van der Waals surface area (Å²) < 4.78 is 80.8. The smallest absolute Gasteiger partial charge is 0.208 e. The van der Waals surface area contributed by atoms with Crippen LogP contribution in [0.4, 0.5) is 26.3 Å². The lowest BCUT2D eigenvalue weighted by molar-refractivity contribution is -0.143. The second-order valence-corrected chi connectivity index (χ2v) is 9.00. The van der Waals surface area contributed by atoms with Crippen molar-refractivity contribution in [1.29, 1.82) is 0 Å². The number of hydrogen-bond acceptors (Lipinski definition) is 3. The fraction of sp³-hybridized carbons (Fsp3) is 0.0690. The Morgan fingerprint density at radius 1 is 0.436 bits per heavy atom. The molecular formula is C29H16ClF6N3. The minimum atomic E-state index is -4.99. The van der Waals surface area contributed by atoms with Gasteiger partial charge in [-0.25, -0.2) is 15.0 Å². The third-order valence-electron chi connectivity index (χ3n) is 5.78. The van der Waals surface area contributed by atoms with E-state index in [0.717, 1.165) is 0 Å². The molecule has 0 atom stereocenters. The maximum absolute atomic E-state index is 13.5. The quantitative estimate of drug-likeness (QED) is 0.207. The Morgan fingerprint density at radius 2 is 0.821 bits per heavy atom. The molecule has 3 nitrogen and oxygen atoms in total. The van der Waals surface area contributed by atoms with Gasteiger partial charge in [0.25, 0.3) is 0 Å². The maximum atomic E-state index is 13.5. The van der Waals surface area contributed by atoms with E-state index in [2.05, 4.69) is 15.0 Å². The van der Waals surface area contributed by atoms with Crippen LogP contribution in [0.25, 0.3) is 45.3 Å². The largest absolute Gasteiger partial charge is 0.416 e. The number of alkyl halides is 6. The van der Waals surface area contributed by atoms with Crippen molar-refractivity contribution >= 4 is 11.6 Å². The molecule has 0 aliphatic heterocycles. The number of halogens is 7. The Balaban J connectivity index is 1.70. The molecule has 0 fully saturated rings. The van der Waals surface area contributed by atoms with Crippen LogP contribution in [0.15, 0.2) is 97.1 Å². The van der Waals surface area contributed by atoms with Gasteiger partial charge in [-0.1, -0.05) is 72.3 Å². The van der Waals surface area contributed by atoms with Crippen molar-refractivity contribution in [2.24, 2.45) is 0 Å². The van der Waals surface area contributed by atoms with E-state index in [1.165, 1.54) is 18.2 Å². The Bertz CT molecular complexity index is 1550. The monoisotopic (exact) mass is 555 g/mol. The van der Waals surface area contributed by atoms with E-state index in [1.54, 1.807) is 24.3 Å². The molecule has 0 aliphatic carbocycles. The number of benzene rings is 4. The van der Waals surface area contributed by atoms with Gasteiger partial charge >= 0.3 is 12.4 Å². The van der Waals surface area contributed by atoms with E-state index >= 15 is 0 Å². The van der Waals surface area contributed by atoms with Gasteiger partial charge in [-0.15, -0.1) is 0 Å². The number of aromatic nitrogens is 3. The summed E-state index contributed by atoms with van der Waals surface area (Å²) >= 11 is 6.31. The summed E-state index contributed by atoms with van der Waals surface area (Å²) in [6.07, 6.45) is -9.97. The molecule has 0 N–H and O–H groups in total. The average molecular weight is 556 g/mol. The van der Waals surface area contributed by atoms with E-state index in [-0.39, 0.29) is 28.0 Å². The summed E-state index contributed by atoms with van der Waals surface area (Å²) in [6, 6.07) is 23.7. The normalized spacial score (nSPS) is 12.0. The molecule has 5 rings (SSSR count). The van der Waals surface area contributed by atoms with Crippen LogP contribution in [0.2, 0.25) is 5.02 Å². The minimum absolute atomic E-state index is 0.0389. The van der Waals surface area contributed by atoms with Gasteiger partial charge in [-0.05, 0) is 47.5 Å². The first-order valence-electron chi connectivity index (χ1n) is 11.4. The molecule has 39 heavy (non-hydrogen) atoms. The fourth-order valence-corrected chi connectivity index (χ4v) is 4.18. The number of nitrogens with zero attached hydrogens (tertiary/aromatic N) is 3. The zero-order chi connectivity index (χ0) is 27.8. The van der Waals surface area contributed by atoms with Gasteiger partial charge in [-0.3, -0.25) is 0 Å². The molecule has 0 radical (unpaired) electrons. The predicted molar refractivity (Wildman–Crippen MR) is 137 cm³/mol. The lowest BCUT2D eigenvalue weighted by Gasteiger charge is -2.15. The number of hydrogen-bond donors (Lipinski definition) is 0. The molecule has 10 heteroatoms. The van der Waals surface area contributed by atoms with Gasteiger partial charge in [0.05, 0.1) is 11.1 Å². The van der Waals surface area contributed by atoms with Crippen LogP contribution >= 0.6 is 11.6 Å². The van der Waals surface area contributed by atoms with Crippen molar-refractivity contribution in [2.45, 2.75) is 12.4 Å². The highest BCUT2D eigenvalue weighted by molar-refractivity contribution is 6.31. The fourth-order valence-electron chi connectivity index (χ4n) is 3.94. The molecular weight excluding hydrogens is 540 g/mol. The molecule has 0 saturated heterocycles.